The number of carbonyl (C=O) groups excluding carboxylic acids is 4. The number of nitrogens with zero attached hydrogens (tertiary/aromatic N) is 1. The Morgan fingerprint density at radius 3 is 2.74 bits per heavy atom. The van der Waals surface area contributed by atoms with Gasteiger partial charge in [-0.3, -0.25) is 29.4 Å². The maximum atomic E-state index is 12.9. The van der Waals surface area contributed by atoms with Crippen molar-refractivity contribution < 1.29 is 23.9 Å². The van der Waals surface area contributed by atoms with E-state index in [-0.39, 0.29) is 18.4 Å². The predicted molar refractivity (Wildman–Crippen MR) is 94.7 cm³/mol. The lowest BCUT2D eigenvalue weighted by Gasteiger charge is -2.27. The number of carbonyl (C=O) groups is 4. The third-order valence-electron chi connectivity index (χ3n) is 4.56. The van der Waals surface area contributed by atoms with E-state index in [1.54, 1.807) is 18.2 Å². The molecule has 0 radical (unpaired) electrons. The van der Waals surface area contributed by atoms with E-state index in [1.165, 1.54) is 0 Å². The Balaban J connectivity index is 1.72. The molecule has 1 atom stereocenters. The molecule has 9 nitrogen and oxygen atoms in total. The highest BCUT2D eigenvalue weighted by atomic mass is 16.5. The van der Waals surface area contributed by atoms with E-state index < -0.39 is 29.7 Å². The maximum absolute atomic E-state index is 12.9. The van der Waals surface area contributed by atoms with Crippen LogP contribution in [0.1, 0.15) is 39.1 Å². The van der Waals surface area contributed by atoms with E-state index in [9.17, 15) is 19.2 Å². The Labute approximate surface area is 156 Å². The van der Waals surface area contributed by atoms with Crippen LogP contribution < -0.4 is 16.4 Å². The van der Waals surface area contributed by atoms with Gasteiger partial charge in [-0.15, -0.1) is 0 Å². The van der Waals surface area contributed by atoms with Crippen LogP contribution in [0.4, 0.5) is 0 Å². The number of amides is 4. The minimum absolute atomic E-state index is 0.0982. The average Bonchev–Trinajstić information content (AvgIpc) is 2.90. The largest absolute Gasteiger partial charge is 0.379 e. The number of nitrogens with one attached hydrogen (secondary N) is 2. The Bertz CT molecular complexity index is 779. The molecule has 2 aliphatic heterocycles. The number of benzene rings is 1. The van der Waals surface area contributed by atoms with Crippen molar-refractivity contribution in [3.63, 3.8) is 0 Å². The Morgan fingerprint density at radius 2 is 2.00 bits per heavy atom. The summed E-state index contributed by atoms with van der Waals surface area (Å²) in [6.45, 7) is 2.39. The molecule has 0 saturated carbocycles. The SMILES string of the molecule is NCCOCCNCc1cccc2c1C(=O)N(C1CCC(=O)NC1=O)C2=O. The number of ether oxygens (including phenoxy) is 1. The van der Waals surface area contributed by atoms with E-state index in [0.717, 1.165) is 4.90 Å². The molecule has 2 aliphatic rings. The number of hydrogen-bond donors (Lipinski definition) is 3. The van der Waals surface area contributed by atoms with Crippen LogP contribution in [-0.4, -0.2) is 60.9 Å². The van der Waals surface area contributed by atoms with Crippen LogP contribution in [0, 0.1) is 0 Å². The van der Waals surface area contributed by atoms with Crippen molar-refractivity contribution in [2.45, 2.75) is 25.4 Å². The molecule has 4 N–H and O–H groups in total. The van der Waals surface area contributed by atoms with Gasteiger partial charge in [0.15, 0.2) is 0 Å². The van der Waals surface area contributed by atoms with Crippen LogP contribution in [0.25, 0.3) is 0 Å². The summed E-state index contributed by atoms with van der Waals surface area (Å²) in [4.78, 5) is 50.0. The molecule has 1 aromatic rings. The Morgan fingerprint density at radius 1 is 1.19 bits per heavy atom. The van der Waals surface area contributed by atoms with Crippen molar-refractivity contribution in [2.75, 3.05) is 26.3 Å². The van der Waals surface area contributed by atoms with Gasteiger partial charge >= 0.3 is 0 Å². The predicted octanol–water partition coefficient (Wildman–Crippen LogP) is -0.847. The lowest BCUT2D eigenvalue weighted by Crippen LogP contribution is -2.54. The van der Waals surface area contributed by atoms with Gasteiger partial charge in [0, 0.05) is 26.1 Å². The fraction of sp³-hybridized carbons (Fsp3) is 0.444. The van der Waals surface area contributed by atoms with Crippen LogP contribution in [0.15, 0.2) is 18.2 Å². The van der Waals surface area contributed by atoms with E-state index in [1.807, 2.05) is 0 Å². The molecule has 9 heteroatoms. The monoisotopic (exact) mass is 374 g/mol. The standard InChI is InChI=1S/C18H22N4O5/c19-6-8-27-9-7-20-10-11-2-1-3-12-15(11)18(26)22(17(12)25)13-4-5-14(23)21-16(13)24/h1-3,13,20H,4-10,19H2,(H,21,23,24). The van der Waals surface area contributed by atoms with Crippen LogP contribution in [-0.2, 0) is 20.9 Å². The third-order valence-corrected chi connectivity index (χ3v) is 4.56. The van der Waals surface area contributed by atoms with Crippen LogP contribution >= 0.6 is 0 Å². The lowest BCUT2D eigenvalue weighted by atomic mass is 10.0. The first-order valence-corrected chi connectivity index (χ1v) is 8.86. The smallest absolute Gasteiger partial charge is 0.262 e. The first kappa shape index (κ1) is 19.2. The zero-order valence-corrected chi connectivity index (χ0v) is 14.8. The van der Waals surface area contributed by atoms with Gasteiger partial charge in [-0.25, -0.2) is 0 Å². The fourth-order valence-corrected chi connectivity index (χ4v) is 3.29. The highest BCUT2D eigenvalue weighted by molar-refractivity contribution is 6.24. The van der Waals surface area contributed by atoms with Gasteiger partial charge in [0.1, 0.15) is 6.04 Å². The number of piperidine rings is 1. The topological polar surface area (TPSA) is 131 Å². The maximum Gasteiger partial charge on any atom is 0.262 e. The molecule has 0 aliphatic carbocycles. The fourth-order valence-electron chi connectivity index (χ4n) is 3.29. The van der Waals surface area contributed by atoms with Gasteiger partial charge in [-0.2, -0.15) is 0 Å². The molecule has 1 fully saturated rings. The van der Waals surface area contributed by atoms with Crippen LogP contribution in [0.5, 0.6) is 0 Å². The normalized spacial score (nSPS) is 19.4. The van der Waals surface area contributed by atoms with Gasteiger partial charge in [-0.05, 0) is 18.1 Å². The molecule has 27 heavy (non-hydrogen) atoms. The molecule has 4 amide bonds. The van der Waals surface area contributed by atoms with Gasteiger partial charge in [-0.1, -0.05) is 12.1 Å². The molecular formula is C18H22N4O5. The Kier molecular flexibility index (Phi) is 5.94. The van der Waals surface area contributed by atoms with Gasteiger partial charge in [0.05, 0.1) is 24.3 Å². The van der Waals surface area contributed by atoms with Gasteiger partial charge in [0.25, 0.3) is 11.8 Å². The number of hydrogen-bond acceptors (Lipinski definition) is 7. The van der Waals surface area contributed by atoms with Gasteiger partial charge < -0.3 is 15.8 Å². The molecule has 3 rings (SSSR count). The third kappa shape index (κ3) is 3.90. The highest BCUT2D eigenvalue weighted by Gasteiger charge is 2.45. The summed E-state index contributed by atoms with van der Waals surface area (Å²) in [6, 6.07) is 4.10. The van der Waals surface area contributed by atoms with Crippen molar-refractivity contribution in [3.05, 3.63) is 34.9 Å². The van der Waals surface area contributed by atoms with Crippen LogP contribution in [0.2, 0.25) is 0 Å². The van der Waals surface area contributed by atoms with Crippen LogP contribution in [0.3, 0.4) is 0 Å². The summed E-state index contributed by atoms with van der Waals surface area (Å²) >= 11 is 0. The summed E-state index contributed by atoms with van der Waals surface area (Å²) in [7, 11) is 0. The molecule has 0 aromatic heterocycles. The number of fused-ring (bicyclic) bond motifs is 1. The molecule has 0 spiro atoms. The van der Waals surface area contributed by atoms with Crippen molar-refractivity contribution >= 4 is 23.6 Å². The zero-order valence-electron chi connectivity index (χ0n) is 14.8. The molecule has 144 valence electrons. The van der Waals surface area contributed by atoms with E-state index in [2.05, 4.69) is 10.6 Å². The van der Waals surface area contributed by atoms with E-state index in [4.69, 9.17) is 10.5 Å². The first-order valence-electron chi connectivity index (χ1n) is 8.86. The summed E-state index contributed by atoms with van der Waals surface area (Å²) in [5.74, 6) is -2.01. The highest BCUT2D eigenvalue weighted by Crippen LogP contribution is 2.29. The molecule has 1 aromatic carbocycles. The van der Waals surface area contributed by atoms with Crippen molar-refractivity contribution in [1.82, 2.24) is 15.5 Å². The lowest BCUT2D eigenvalue weighted by molar-refractivity contribution is -0.136. The van der Waals surface area contributed by atoms with Crippen molar-refractivity contribution in [3.8, 4) is 0 Å². The molecule has 2 heterocycles. The summed E-state index contributed by atoms with van der Waals surface area (Å²) in [6.07, 6.45) is 0.239. The number of rotatable bonds is 8. The van der Waals surface area contributed by atoms with Gasteiger partial charge in [0.2, 0.25) is 11.8 Å². The van der Waals surface area contributed by atoms with Crippen molar-refractivity contribution in [2.24, 2.45) is 5.73 Å². The quantitative estimate of drug-likeness (QED) is 0.399. The summed E-state index contributed by atoms with van der Waals surface area (Å²) < 4.78 is 5.28. The minimum atomic E-state index is -0.958. The Hall–Kier alpha value is -2.62. The molecular weight excluding hydrogens is 352 g/mol. The van der Waals surface area contributed by atoms with Crippen molar-refractivity contribution in [1.29, 1.82) is 0 Å². The molecule has 0 bridgehead atoms. The number of imide groups is 2. The summed E-state index contributed by atoms with van der Waals surface area (Å²) in [5.41, 5.74) is 6.62. The number of nitrogens with two attached hydrogens (primary N) is 1. The first-order chi connectivity index (χ1) is 13.0. The molecule has 1 unspecified atom stereocenters. The summed E-state index contributed by atoms with van der Waals surface area (Å²) in [5, 5.41) is 5.35. The second kappa shape index (κ2) is 8.38. The van der Waals surface area contributed by atoms with E-state index in [0.29, 0.717) is 44.0 Å². The second-order valence-electron chi connectivity index (χ2n) is 6.36. The second-order valence-corrected chi connectivity index (χ2v) is 6.36. The average molecular weight is 374 g/mol. The zero-order chi connectivity index (χ0) is 19.4. The minimum Gasteiger partial charge on any atom is -0.379 e. The van der Waals surface area contributed by atoms with E-state index >= 15 is 0 Å². The molecule has 1 saturated heterocycles.